The Balaban J connectivity index is 2.39. The van der Waals surface area contributed by atoms with Crippen molar-refractivity contribution >= 4 is 0 Å². The minimum Gasteiger partial charge on any atom is -0.313 e. The molecule has 0 aromatic heterocycles. The van der Waals surface area contributed by atoms with Gasteiger partial charge in [0, 0.05) is 12.1 Å². The first-order valence-electron chi connectivity index (χ1n) is 7.20. The summed E-state index contributed by atoms with van der Waals surface area (Å²) < 4.78 is 0. The lowest BCUT2D eigenvalue weighted by atomic mass is 9.92. The van der Waals surface area contributed by atoms with E-state index in [-0.39, 0.29) is 0 Å². The zero-order valence-electron chi connectivity index (χ0n) is 11.6. The van der Waals surface area contributed by atoms with Crippen LogP contribution in [0.25, 0.3) is 0 Å². The van der Waals surface area contributed by atoms with Crippen molar-refractivity contribution in [3.63, 3.8) is 0 Å². The van der Waals surface area contributed by atoms with Crippen LogP contribution in [-0.4, -0.2) is 36.6 Å². The van der Waals surface area contributed by atoms with Crippen LogP contribution < -0.4 is 5.32 Å². The average Bonchev–Trinajstić information content (AvgIpc) is 2.35. The Morgan fingerprint density at radius 2 is 1.81 bits per heavy atom. The lowest BCUT2D eigenvalue weighted by Crippen LogP contribution is -2.50. The van der Waals surface area contributed by atoms with Gasteiger partial charge in [0.1, 0.15) is 0 Å². The van der Waals surface area contributed by atoms with Crippen molar-refractivity contribution in [3.8, 4) is 0 Å². The fourth-order valence-corrected chi connectivity index (χ4v) is 2.94. The van der Waals surface area contributed by atoms with Crippen molar-refractivity contribution < 1.29 is 0 Å². The van der Waals surface area contributed by atoms with Crippen LogP contribution >= 0.6 is 0 Å². The minimum atomic E-state index is 0.670. The summed E-state index contributed by atoms with van der Waals surface area (Å²) in [6.07, 6.45) is 5.42. The topological polar surface area (TPSA) is 15.3 Å². The highest BCUT2D eigenvalue weighted by Gasteiger charge is 2.25. The summed E-state index contributed by atoms with van der Waals surface area (Å²) in [5.41, 5.74) is 0. The Hall–Kier alpha value is -0.0800. The molecule has 1 rings (SSSR count). The molecule has 1 aliphatic rings. The van der Waals surface area contributed by atoms with Gasteiger partial charge in [0.25, 0.3) is 0 Å². The molecular formula is C14H30N2. The van der Waals surface area contributed by atoms with Crippen LogP contribution in [0, 0.1) is 5.92 Å². The Labute approximate surface area is 102 Å². The first kappa shape index (κ1) is 14.0. The number of rotatable bonds is 6. The zero-order valence-corrected chi connectivity index (χ0v) is 11.6. The highest BCUT2D eigenvalue weighted by atomic mass is 15.2. The number of hydrogen-bond donors (Lipinski definition) is 1. The third kappa shape index (κ3) is 3.74. The van der Waals surface area contributed by atoms with Gasteiger partial charge < -0.3 is 5.32 Å². The molecular weight excluding hydrogens is 196 g/mol. The lowest BCUT2D eigenvalue weighted by Gasteiger charge is -2.39. The summed E-state index contributed by atoms with van der Waals surface area (Å²) in [6.45, 7) is 12.9. The third-order valence-electron chi connectivity index (χ3n) is 4.29. The Morgan fingerprint density at radius 1 is 1.19 bits per heavy atom. The molecule has 1 saturated heterocycles. The molecule has 1 heterocycles. The van der Waals surface area contributed by atoms with Gasteiger partial charge in [-0.15, -0.1) is 0 Å². The number of nitrogens with one attached hydrogen (secondary N) is 1. The second-order valence-electron chi connectivity index (χ2n) is 5.20. The van der Waals surface area contributed by atoms with E-state index in [0.717, 1.165) is 12.5 Å². The maximum absolute atomic E-state index is 3.61. The molecule has 96 valence electrons. The number of nitrogens with zero attached hydrogens (tertiary/aromatic N) is 1. The molecule has 0 radical (unpaired) electrons. The van der Waals surface area contributed by atoms with E-state index in [4.69, 9.17) is 0 Å². The Kier molecular flexibility index (Phi) is 6.37. The van der Waals surface area contributed by atoms with Gasteiger partial charge in [0.15, 0.2) is 0 Å². The fraction of sp³-hybridized carbons (Fsp3) is 1.00. The van der Waals surface area contributed by atoms with E-state index in [1.807, 2.05) is 0 Å². The van der Waals surface area contributed by atoms with Gasteiger partial charge >= 0.3 is 0 Å². The molecule has 0 saturated carbocycles. The third-order valence-corrected chi connectivity index (χ3v) is 4.29. The maximum atomic E-state index is 3.61. The van der Waals surface area contributed by atoms with Gasteiger partial charge in [-0.25, -0.2) is 0 Å². The SMILES string of the molecule is CCNC(CC)C(C)N1CCC(CC)CC1. The minimum absolute atomic E-state index is 0.670. The van der Waals surface area contributed by atoms with Gasteiger partial charge in [-0.3, -0.25) is 4.90 Å². The molecule has 0 aromatic rings. The molecule has 16 heavy (non-hydrogen) atoms. The molecule has 2 nitrogen and oxygen atoms in total. The predicted octanol–water partition coefficient (Wildman–Crippen LogP) is 2.89. The van der Waals surface area contributed by atoms with E-state index in [1.54, 1.807) is 0 Å². The predicted molar refractivity (Wildman–Crippen MR) is 71.8 cm³/mol. The molecule has 1 fully saturated rings. The van der Waals surface area contributed by atoms with E-state index in [0.29, 0.717) is 12.1 Å². The van der Waals surface area contributed by atoms with Crippen molar-refractivity contribution in [2.45, 2.75) is 65.5 Å². The van der Waals surface area contributed by atoms with Gasteiger partial charge in [-0.05, 0) is 51.7 Å². The maximum Gasteiger partial charge on any atom is 0.0220 e. The molecule has 0 spiro atoms. The largest absolute Gasteiger partial charge is 0.313 e. The Bertz CT molecular complexity index is 174. The second-order valence-corrected chi connectivity index (χ2v) is 5.20. The van der Waals surface area contributed by atoms with Crippen LogP contribution in [0.2, 0.25) is 0 Å². The standard InChI is InChI=1S/C14H30N2/c1-5-13-8-10-16(11-9-13)12(4)14(6-2)15-7-3/h12-15H,5-11H2,1-4H3. The monoisotopic (exact) mass is 226 g/mol. The van der Waals surface area contributed by atoms with Gasteiger partial charge in [-0.2, -0.15) is 0 Å². The normalized spacial score (nSPS) is 23.2. The van der Waals surface area contributed by atoms with Crippen LogP contribution in [-0.2, 0) is 0 Å². The van der Waals surface area contributed by atoms with E-state index in [1.165, 1.54) is 38.8 Å². The van der Waals surface area contributed by atoms with Crippen LogP contribution in [0.1, 0.15) is 53.4 Å². The Morgan fingerprint density at radius 3 is 2.25 bits per heavy atom. The molecule has 2 heteroatoms. The molecule has 2 atom stereocenters. The van der Waals surface area contributed by atoms with Crippen molar-refractivity contribution in [2.75, 3.05) is 19.6 Å². The van der Waals surface area contributed by atoms with Gasteiger partial charge in [0.2, 0.25) is 0 Å². The number of likely N-dealkylation sites (N-methyl/N-ethyl adjacent to an activating group) is 1. The molecule has 1 N–H and O–H groups in total. The summed E-state index contributed by atoms with van der Waals surface area (Å²) in [6, 6.07) is 1.37. The van der Waals surface area contributed by atoms with Crippen molar-refractivity contribution in [1.82, 2.24) is 10.2 Å². The first-order valence-corrected chi connectivity index (χ1v) is 7.20. The van der Waals surface area contributed by atoms with Crippen LogP contribution in [0.4, 0.5) is 0 Å². The summed E-state index contributed by atoms with van der Waals surface area (Å²) in [7, 11) is 0. The highest BCUT2D eigenvalue weighted by Crippen LogP contribution is 2.22. The molecule has 0 amide bonds. The average molecular weight is 226 g/mol. The van der Waals surface area contributed by atoms with E-state index >= 15 is 0 Å². The van der Waals surface area contributed by atoms with Crippen LogP contribution in [0.3, 0.4) is 0 Å². The molecule has 2 unspecified atom stereocenters. The number of likely N-dealkylation sites (tertiary alicyclic amines) is 1. The molecule has 1 aliphatic heterocycles. The smallest absolute Gasteiger partial charge is 0.0220 e. The van der Waals surface area contributed by atoms with E-state index in [9.17, 15) is 0 Å². The van der Waals surface area contributed by atoms with Crippen LogP contribution in [0.15, 0.2) is 0 Å². The molecule has 0 bridgehead atoms. The summed E-state index contributed by atoms with van der Waals surface area (Å²) in [5, 5.41) is 3.61. The van der Waals surface area contributed by atoms with Crippen molar-refractivity contribution in [2.24, 2.45) is 5.92 Å². The molecule has 0 aliphatic carbocycles. The van der Waals surface area contributed by atoms with Gasteiger partial charge in [-0.1, -0.05) is 27.2 Å². The van der Waals surface area contributed by atoms with E-state index < -0.39 is 0 Å². The summed E-state index contributed by atoms with van der Waals surface area (Å²) >= 11 is 0. The highest BCUT2D eigenvalue weighted by molar-refractivity contribution is 4.83. The second kappa shape index (κ2) is 7.29. The van der Waals surface area contributed by atoms with Gasteiger partial charge in [0.05, 0.1) is 0 Å². The quantitative estimate of drug-likeness (QED) is 0.749. The van der Waals surface area contributed by atoms with Crippen molar-refractivity contribution in [3.05, 3.63) is 0 Å². The summed E-state index contributed by atoms with van der Waals surface area (Å²) in [4.78, 5) is 2.68. The molecule has 0 aromatic carbocycles. The summed E-state index contributed by atoms with van der Waals surface area (Å²) in [5.74, 6) is 0.989. The number of piperidine rings is 1. The van der Waals surface area contributed by atoms with Crippen molar-refractivity contribution in [1.29, 1.82) is 0 Å². The first-order chi connectivity index (χ1) is 7.72. The lowest BCUT2D eigenvalue weighted by molar-refractivity contribution is 0.114. The number of hydrogen-bond acceptors (Lipinski definition) is 2. The fourth-order valence-electron chi connectivity index (χ4n) is 2.94. The zero-order chi connectivity index (χ0) is 12.0. The van der Waals surface area contributed by atoms with E-state index in [2.05, 4.69) is 37.9 Å². The van der Waals surface area contributed by atoms with Crippen LogP contribution in [0.5, 0.6) is 0 Å².